The molecule has 1 radical (unpaired) electrons. The van der Waals surface area contributed by atoms with Crippen LogP contribution in [0.1, 0.15) is 6.92 Å². The van der Waals surface area contributed by atoms with Gasteiger partial charge in [-0.3, -0.25) is 4.79 Å². The molecule has 11 heteroatoms. The van der Waals surface area contributed by atoms with Crippen molar-refractivity contribution in [3.63, 3.8) is 0 Å². The summed E-state index contributed by atoms with van der Waals surface area (Å²) < 4.78 is 43.9. The SMILES string of the molecule is [C-]#[N+]c1ccc2c(c1)[c-](-c1cc(OC)ccc1OCC)c(=O)n2S(=O)(=O)c1ccc(OC)cn1.[CH3-].[Y]. The van der Waals surface area contributed by atoms with Crippen molar-refractivity contribution in [2.45, 2.75) is 11.9 Å². The Balaban J connectivity index is 0.00000228. The Hall–Kier alpha value is -3.13. The van der Waals surface area contributed by atoms with Crippen molar-refractivity contribution < 1.29 is 55.3 Å². The predicted octanol–water partition coefficient (Wildman–Crippen LogP) is 4.43. The number of methoxy groups -OCH3 is 2. The first-order chi connectivity index (χ1) is 16.3. The van der Waals surface area contributed by atoms with Gasteiger partial charge in [0.1, 0.15) is 5.75 Å². The van der Waals surface area contributed by atoms with Crippen LogP contribution in [0.4, 0.5) is 5.69 Å². The Morgan fingerprint density at radius 3 is 2.33 bits per heavy atom. The van der Waals surface area contributed by atoms with Gasteiger partial charge in [-0.15, -0.1) is 6.07 Å². The minimum absolute atomic E-state index is 0. The van der Waals surface area contributed by atoms with Crippen LogP contribution in [-0.2, 0) is 42.7 Å². The second-order valence-corrected chi connectivity index (χ2v) is 8.83. The third-order valence-electron chi connectivity index (χ3n) is 5.20. The zero-order valence-corrected chi connectivity index (χ0v) is 23.8. The van der Waals surface area contributed by atoms with Crippen molar-refractivity contribution >= 4 is 26.6 Å². The first-order valence-electron chi connectivity index (χ1n) is 10.2. The molecule has 2 aromatic carbocycles. The molecule has 0 aliphatic rings. The number of ether oxygens (including phenoxy) is 3. The predicted molar refractivity (Wildman–Crippen MR) is 133 cm³/mol. The van der Waals surface area contributed by atoms with Crippen molar-refractivity contribution in [1.82, 2.24) is 8.96 Å². The minimum atomic E-state index is -4.38. The van der Waals surface area contributed by atoms with Gasteiger partial charge in [0.05, 0.1) is 45.1 Å². The number of benzene rings is 2. The summed E-state index contributed by atoms with van der Waals surface area (Å²) in [6.07, 6.45) is 1.26. The second kappa shape index (κ2) is 11.7. The van der Waals surface area contributed by atoms with E-state index in [-0.39, 0.29) is 61.9 Å². The monoisotopic (exact) mass is 582 g/mol. The fraction of sp³-hybridized carbons (Fsp3) is 0.160. The van der Waals surface area contributed by atoms with Crippen LogP contribution in [0.5, 0.6) is 17.2 Å². The van der Waals surface area contributed by atoms with Crippen LogP contribution in [0.3, 0.4) is 0 Å². The van der Waals surface area contributed by atoms with E-state index in [1.807, 2.05) is 0 Å². The molecule has 0 fully saturated rings. The van der Waals surface area contributed by atoms with Gasteiger partial charge in [-0.25, -0.2) is 13.8 Å². The summed E-state index contributed by atoms with van der Waals surface area (Å²) in [6.45, 7) is 9.50. The van der Waals surface area contributed by atoms with Crippen LogP contribution < -0.4 is 19.8 Å². The Labute approximate surface area is 234 Å². The van der Waals surface area contributed by atoms with E-state index in [0.717, 1.165) is 0 Å². The molecule has 4 rings (SSSR count). The molecule has 0 amide bonds. The molecule has 0 aliphatic carbocycles. The van der Waals surface area contributed by atoms with E-state index in [0.29, 0.717) is 38.8 Å². The van der Waals surface area contributed by atoms with Crippen LogP contribution in [0.15, 0.2) is 64.5 Å². The van der Waals surface area contributed by atoms with Crippen LogP contribution in [0.2, 0.25) is 0 Å². The summed E-state index contributed by atoms with van der Waals surface area (Å²) in [5, 5.41) is -0.0245. The molecule has 0 spiro atoms. The molecule has 0 bridgehead atoms. The Morgan fingerprint density at radius 2 is 1.75 bits per heavy atom. The van der Waals surface area contributed by atoms with Gasteiger partial charge in [-0.1, -0.05) is 35.2 Å². The van der Waals surface area contributed by atoms with Gasteiger partial charge in [0.15, 0.2) is 10.7 Å². The molecular formula is C25H23N3O6SY-2. The molecular weight excluding hydrogens is 559 g/mol. The summed E-state index contributed by atoms with van der Waals surface area (Å²) in [7, 11) is -1.46. The zero-order valence-electron chi connectivity index (χ0n) is 20.2. The van der Waals surface area contributed by atoms with Crippen molar-refractivity contribution in [2.24, 2.45) is 0 Å². The third-order valence-corrected chi connectivity index (χ3v) is 6.81. The van der Waals surface area contributed by atoms with Crippen molar-refractivity contribution in [1.29, 1.82) is 0 Å². The van der Waals surface area contributed by atoms with Crippen LogP contribution in [0.25, 0.3) is 26.9 Å². The van der Waals surface area contributed by atoms with E-state index < -0.39 is 15.6 Å². The van der Waals surface area contributed by atoms with E-state index in [9.17, 15) is 13.2 Å². The third kappa shape index (κ3) is 5.05. The Kier molecular flexibility index (Phi) is 9.49. The van der Waals surface area contributed by atoms with Gasteiger partial charge < -0.3 is 21.6 Å². The average molecular weight is 582 g/mol. The number of nitrogens with zero attached hydrogens (tertiary/aromatic N) is 3. The van der Waals surface area contributed by atoms with Gasteiger partial charge in [0, 0.05) is 38.2 Å². The molecule has 0 unspecified atom stereocenters. The maximum atomic E-state index is 13.7. The van der Waals surface area contributed by atoms with Crippen molar-refractivity contribution in [2.75, 3.05) is 20.8 Å². The molecule has 0 saturated carbocycles. The summed E-state index contributed by atoms with van der Waals surface area (Å²) in [5.41, 5.74) is 0.0286. The number of hydrogen-bond acceptors (Lipinski definition) is 7. The molecule has 0 aliphatic heterocycles. The molecule has 0 N–H and O–H groups in total. The molecule has 36 heavy (non-hydrogen) atoms. The molecule has 0 saturated heterocycles. The van der Waals surface area contributed by atoms with E-state index in [4.69, 9.17) is 20.8 Å². The maximum absolute atomic E-state index is 13.7. The van der Waals surface area contributed by atoms with Crippen LogP contribution in [-0.4, -0.2) is 38.2 Å². The molecule has 2 aromatic heterocycles. The Morgan fingerprint density at radius 1 is 1.06 bits per heavy atom. The van der Waals surface area contributed by atoms with Gasteiger partial charge >= 0.3 is 0 Å². The number of rotatable bonds is 7. The minimum Gasteiger partial charge on any atom is -0.528 e. The summed E-state index contributed by atoms with van der Waals surface area (Å²) in [6, 6.07) is 12.0. The second-order valence-electron chi connectivity index (χ2n) is 7.09. The fourth-order valence-corrected chi connectivity index (χ4v) is 4.98. The van der Waals surface area contributed by atoms with Gasteiger partial charge in [0.25, 0.3) is 10.0 Å². The van der Waals surface area contributed by atoms with E-state index >= 15 is 0 Å². The molecule has 2 heterocycles. The smallest absolute Gasteiger partial charge is 0.281 e. The normalized spacial score (nSPS) is 10.6. The van der Waals surface area contributed by atoms with E-state index in [1.165, 1.54) is 50.7 Å². The largest absolute Gasteiger partial charge is 0.528 e. The van der Waals surface area contributed by atoms with E-state index in [2.05, 4.69) is 9.83 Å². The van der Waals surface area contributed by atoms with Crippen LogP contribution in [0, 0.1) is 14.0 Å². The number of pyridine rings is 1. The quantitative estimate of drug-likeness (QED) is 0.297. The van der Waals surface area contributed by atoms with Crippen molar-refractivity contribution in [3.05, 3.63) is 83.9 Å². The first-order valence-corrected chi connectivity index (χ1v) is 11.6. The molecule has 185 valence electrons. The number of hydrogen-bond donors (Lipinski definition) is 0. The first kappa shape index (κ1) is 29.1. The van der Waals surface area contributed by atoms with Crippen molar-refractivity contribution in [3.8, 4) is 28.4 Å². The van der Waals surface area contributed by atoms with E-state index in [1.54, 1.807) is 25.1 Å². The van der Waals surface area contributed by atoms with Gasteiger partial charge in [0.2, 0.25) is 5.56 Å². The number of aromatic nitrogens is 2. The fourth-order valence-electron chi connectivity index (χ4n) is 3.64. The molecule has 0 atom stereocenters. The number of fused-ring (bicyclic) bond motifs is 1. The molecule has 9 nitrogen and oxygen atoms in total. The summed E-state index contributed by atoms with van der Waals surface area (Å²) in [4.78, 5) is 21.1. The topological polar surface area (TPSA) is 101 Å². The summed E-state index contributed by atoms with van der Waals surface area (Å²) in [5.74, 6) is 1.21. The van der Waals surface area contributed by atoms with Gasteiger partial charge in [-0.05, 0) is 30.7 Å². The van der Waals surface area contributed by atoms with Crippen LogP contribution >= 0.6 is 0 Å². The Bertz CT molecular complexity index is 1590. The zero-order chi connectivity index (χ0) is 24.5. The maximum Gasteiger partial charge on any atom is 0.281 e. The summed E-state index contributed by atoms with van der Waals surface area (Å²) >= 11 is 0. The van der Waals surface area contributed by atoms with Gasteiger partial charge in [-0.2, -0.15) is 8.42 Å². The molecule has 4 aromatic rings. The standard InChI is InChI=1S/C24H20N3O6S.CH3.Y/c1-5-33-21-10-7-16(31-3)13-19(21)23-18-12-15(25-2)6-9-20(18)27(24(23)28)34(29,30)22-11-8-17(32-4)14-26-22;;/h6-14H,5H2,1,3-4H3;1H3;/q2*-1;. The average Bonchev–Trinajstić information content (AvgIpc) is 3.15.